The van der Waals surface area contributed by atoms with Crippen molar-refractivity contribution in [2.45, 2.75) is 9.37 Å². The Balaban J connectivity index is 2.22. The maximum absolute atomic E-state index is 5.58. The zero-order valence-corrected chi connectivity index (χ0v) is 8.81. The molecule has 2 heterocycles. The second-order valence-electron chi connectivity index (χ2n) is 2.52. The lowest BCUT2D eigenvalue weighted by atomic mass is 10.4. The van der Waals surface area contributed by atoms with Crippen molar-refractivity contribution < 1.29 is 0 Å². The summed E-state index contributed by atoms with van der Waals surface area (Å²) in [4.78, 5) is 8.26. The van der Waals surface area contributed by atoms with Gasteiger partial charge in [-0.3, -0.25) is 0 Å². The Morgan fingerprint density at radius 3 is 2.79 bits per heavy atom. The molecule has 2 rings (SSSR count). The number of nitrogens with zero attached hydrogens (tertiary/aromatic N) is 2. The molecule has 0 aromatic carbocycles. The number of nitrogens with two attached hydrogens (primary N) is 2. The van der Waals surface area contributed by atoms with Gasteiger partial charge in [0.05, 0.1) is 5.69 Å². The van der Waals surface area contributed by atoms with Crippen LogP contribution in [0.1, 0.15) is 0 Å². The van der Waals surface area contributed by atoms with Gasteiger partial charge in [0.15, 0.2) is 4.34 Å². The molecular formula is C8H8N4S2. The van der Waals surface area contributed by atoms with E-state index in [1.807, 2.05) is 11.4 Å². The van der Waals surface area contributed by atoms with E-state index in [0.29, 0.717) is 11.5 Å². The van der Waals surface area contributed by atoms with E-state index in [4.69, 9.17) is 11.5 Å². The molecule has 2 aromatic rings. The van der Waals surface area contributed by atoms with Crippen LogP contribution in [0.15, 0.2) is 33.1 Å². The number of anilines is 2. The summed E-state index contributed by atoms with van der Waals surface area (Å²) in [5.74, 6) is 0.367. The van der Waals surface area contributed by atoms with Gasteiger partial charge in [0.1, 0.15) is 10.8 Å². The van der Waals surface area contributed by atoms with Crippen LogP contribution in [0.2, 0.25) is 0 Å². The van der Waals surface area contributed by atoms with E-state index in [1.165, 1.54) is 11.8 Å². The summed E-state index contributed by atoms with van der Waals surface area (Å²) < 4.78 is 0.946. The van der Waals surface area contributed by atoms with Gasteiger partial charge in [-0.1, -0.05) is 0 Å². The lowest BCUT2D eigenvalue weighted by molar-refractivity contribution is 1.14. The fourth-order valence-corrected chi connectivity index (χ4v) is 2.42. The van der Waals surface area contributed by atoms with Crippen molar-refractivity contribution in [3.8, 4) is 0 Å². The topological polar surface area (TPSA) is 77.8 Å². The highest BCUT2D eigenvalue weighted by Gasteiger charge is 2.03. The van der Waals surface area contributed by atoms with Crippen molar-refractivity contribution in [2.24, 2.45) is 0 Å². The summed E-state index contributed by atoms with van der Waals surface area (Å²) in [7, 11) is 0. The minimum absolute atomic E-state index is 0.367. The number of pyridine rings is 1. The third-order valence-electron chi connectivity index (χ3n) is 1.53. The Morgan fingerprint density at radius 1 is 1.29 bits per heavy atom. The zero-order valence-electron chi connectivity index (χ0n) is 7.18. The van der Waals surface area contributed by atoms with E-state index in [-0.39, 0.29) is 0 Å². The van der Waals surface area contributed by atoms with Crippen LogP contribution in [-0.4, -0.2) is 9.97 Å². The molecule has 4 N–H and O–H groups in total. The number of thiazole rings is 1. The predicted octanol–water partition coefficient (Wildman–Crippen LogP) is 1.85. The molecule has 0 radical (unpaired) electrons. The van der Waals surface area contributed by atoms with E-state index in [9.17, 15) is 0 Å². The first-order valence-corrected chi connectivity index (χ1v) is 5.54. The Hall–Kier alpha value is -1.27. The van der Waals surface area contributed by atoms with Gasteiger partial charge in [0.25, 0.3) is 0 Å². The molecule has 4 nitrogen and oxygen atoms in total. The Kier molecular flexibility index (Phi) is 2.55. The minimum Gasteiger partial charge on any atom is -0.396 e. The zero-order chi connectivity index (χ0) is 9.97. The van der Waals surface area contributed by atoms with E-state index >= 15 is 0 Å². The molecule has 0 saturated carbocycles. The molecule has 0 spiro atoms. The molecule has 72 valence electrons. The van der Waals surface area contributed by atoms with E-state index in [2.05, 4.69) is 9.97 Å². The van der Waals surface area contributed by atoms with Gasteiger partial charge in [0, 0.05) is 11.6 Å². The van der Waals surface area contributed by atoms with Crippen molar-refractivity contribution in [1.29, 1.82) is 0 Å². The van der Waals surface area contributed by atoms with Crippen molar-refractivity contribution >= 4 is 34.6 Å². The minimum atomic E-state index is 0.367. The smallest absolute Gasteiger partial charge is 0.156 e. The highest BCUT2D eigenvalue weighted by molar-refractivity contribution is 8.00. The largest absolute Gasteiger partial charge is 0.396 e. The van der Waals surface area contributed by atoms with Gasteiger partial charge in [-0.05, 0) is 23.9 Å². The molecule has 0 bridgehead atoms. The van der Waals surface area contributed by atoms with Crippen LogP contribution < -0.4 is 11.5 Å². The number of rotatable bonds is 2. The number of hydrogen-bond donors (Lipinski definition) is 2. The van der Waals surface area contributed by atoms with Crippen molar-refractivity contribution in [2.75, 3.05) is 11.5 Å². The van der Waals surface area contributed by atoms with Crippen LogP contribution in [0.4, 0.5) is 11.5 Å². The van der Waals surface area contributed by atoms with Gasteiger partial charge in [0.2, 0.25) is 0 Å². The molecular weight excluding hydrogens is 216 g/mol. The Morgan fingerprint density at radius 2 is 2.14 bits per heavy atom. The van der Waals surface area contributed by atoms with E-state index in [0.717, 1.165) is 9.37 Å². The maximum atomic E-state index is 5.58. The first kappa shape index (κ1) is 9.29. The van der Waals surface area contributed by atoms with Gasteiger partial charge in [-0.25, -0.2) is 9.97 Å². The molecule has 14 heavy (non-hydrogen) atoms. The fraction of sp³-hybridized carbons (Fsp3) is 0. The second-order valence-corrected chi connectivity index (χ2v) is 4.69. The maximum Gasteiger partial charge on any atom is 0.156 e. The SMILES string of the molecule is Nc1ccc(Sc2nccs2)nc1N. The van der Waals surface area contributed by atoms with Gasteiger partial charge >= 0.3 is 0 Å². The standard InChI is InChI=1S/C8H8N4S2/c9-5-1-2-6(12-7(5)10)14-8-11-3-4-13-8/h1-4H,9H2,(H2,10,12). The molecule has 2 aromatic heterocycles. The lowest BCUT2D eigenvalue weighted by Crippen LogP contribution is -1.97. The monoisotopic (exact) mass is 224 g/mol. The quantitative estimate of drug-likeness (QED) is 0.814. The number of nitrogen functional groups attached to an aromatic ring is 2. The summed E-state index contributed by atoms with van der Waals surface area (Å²) in [5.41, 5.74) is 11.6. The molecule has 0 aliphatic carbocycles. The second kappa shape index (κ2) is 3.85. The van der Waals surface area contributed by atoms with Crippen LogP contribution >= 0.6 is 23.1 Å². The van der Waals surface area contributed by atoms with E-state index in [1.54, 1.807) is 23.6 Å². The first-order valence-electron chi connectivity index (χ1n) is 3.85. The predicted molar refractivity (Wildman–Crippen MR) is 59.3 cm³/mol. The number of hydrogen-bond acceptors (Lipinski definition) is 6. The van der Waals surface area contributed by atoms with E-state index < -0.39 is 0 Å². The summed E-state index contributed by atoms with van der Waals surface area (Å²) in [6.07, 6.45) is 1.76. The molecule has 0 fully saturated rings. The van der Waals surface area contributed by atoms with Crippen LogP contribution in [0.5, 0.6) is 0 Å². The molecule has 0 saturated heterocycles. The summed E-state index contributed by atoms with van der Waals surface area (Å²) in [6.45, 7) is 0. The van der Waals surface area contributed by atoms with Crippen molar-refractivity contribution in [3.63, 3.8) is 0 Å². The Bertz CT molecular complexity index is 427. The van der Waals surface area contributed by atoms with Gasteiger partial charge < -0.3 is 11.5 Å². The highest BCUT2D eigenvalue weighted by Crippen LogP contribution is 2.29. The van der Waals surface area contributed by atoms with Gasteiger partial charge in [-0.15, -0.1) is 11.3 Å². The van der Waals surface area contributed by atoms with Crippen molar-refractivity contribution in [1.82, 2.24) is 9.97 Å². The summed E-state index contributed by atoms with van der Waals surface area (Å²) in [5, 5.41) is 2.73. The Labute approximate surface area is 89.4 Å². The normalized spacial score (nSPS) is 10.3. The molecule has 6 heteroatoms. The van der Waals surface area contributed by atoms with Crippen LogP contribution in [-0.2, 0) is 0 Å². The van der Waals surface area contributed by atoms with Crippen LogP contribution in [0.3, 0.4) is 0 Å². The molecule has 0 amide bonds. The lowest BCUT2D eigenvalue weighted by Gasteiger charge is -2.00. The van der Waals surface area contributed by atoms with Crippen molar-refractivity contribution in [3.05, 3.63) is 23.7 Å². The molecule has 0 atom stereocenters. The molecule has 0 aliphatic rings. The van der Waals surface area contributed by atoms with Crippen LogP contribution in [0.25, 0.3) is 0 Å². The molecule has 0 aliphatic heterocycles. The first-order chi connectivity index (χ1) is 6.75. The highest BCUT2D eigenvalue weighted by atomic mass is 32.2. The summed E-state index contributed by atoms with van der Waals surface area (Å²) in [6, 6.07) is 3.58. The third kappa shape index (κ3) is 1.97. The molecule has 0 unspecified atom stereocenters. The summed E-state index contributed by atoms with van der Waals surface area (Å²) >= 11 is 3.05. The fourth-order valence-electron chi connectivity index (χ4n) is 0.874. The van der Waals surface area contributed by atoms with Gasteiger partial charge in [-0.2, -0.15) is 0 Å². The van der Waals surface area contributed by atoms with Crippen LogP contribution in [0, 0.1) is 0 Å². The average Bonchev–Trinajstić information content (AvgIpc) is 2.64. The number of aromatic nitrogens is 2. The average molecular weight is 224 g/mol. The third-order valence-corrected chi connectivity index (χ3v) is 3.35.